The molecule has 2 aliphatic rings. The Hall–Kier alpha value is -6.73. The van der Waals surface area contributed by atoms with E-state index >= 15 is 0 Å². The summed E-state index contributed by atoms with van der Waals surface area (Å²) >= 11 is 3.72. The lowest BCUT2D eigenvalue weighted by Crippen LogP contribution is -2.28. The van der Waals surface area contributed by atoms with Crippen LogP contribution in [0, 0.1) is 0 Å². The molecule has 0 radical (unpaired) electrons. The van der Waals surface area contributed by atoms with E-state index in [-0.39, 0.29) is 6.04 Å². The number of aromatic nitrogens is 3. The van der Waals surface area contributed by atoms with Crippen molar-refractivity contribution in [2.75, 3.05) is 4.90 Å². The average Bonchev–Trinajstić information content (AvgIpc) is 3.96. The van der Waals surface area contributed by atoms with Gasteiger partial charge in [-0.1, -0.05) is 146 Å². The molecule has 0 saturated carbocycles. The third kappa shape index (κ3) is 5.22. The van der Waals surface area contributed by atoms with Gasteiger partial charge in [0.2, 0.25) is 0 Å². The van der Waals surface area contributed by atoms with Gasteiger partial charge >= 0.3 is 0 Å². The van der Waals surface area contributed by atoms with E-state index in [4.69, 9.17) is 15.0 Å². The summed E-state index contributed by atoms with van der Waals surface area (Å²) in [4.78, 5) is 17.5. The highest BCUT2D eigenvalue weighted by Crippen LogP contribution is 2.50. The number of nitrogens with zero attached hydrogens (tertiary/aromatic N) is 4. The summed E-state index contributed by atoms with van der Waals surface area (Å²) in [6, 6.07) is 56.8. The number of allylic oxidation sites excluding steroid dienone is 2. The first-order valence-corrected chi connectivity index (χ1v) is 20.9. The molecule has 0 bridgehead atoms. The van der Waals surface area contributed by atoms with Gasteiger partial charge < -0.3 is 4.90 Å². The molecule has 2 unspecified atom stereocenters. The number of hydrogen-bond donors (Lipinski definition) is 0. The van der Waals surface area contributed by atoms with Crippen molar-refractivity contribution < 1.29 is 0 Å². The molecule has 3 aromatic heterocycles. The van der Waals surface area contributed by atoms with Crippen molar-refractivity contribution in [3.8, 4) is 45.3 Å². The van der Waals surface area contributed by atoms with Gasteiger partial charge in [-0.25, -0.2) is 15.0 Å². The Morgan fingerprint density at radius 1 is 0.439 bits per heavy atom. The van der Waals surface area contributed by atoms with Gasteiger partial charge in [-0.15, -0.1) is 22.7 Å². The third-order valence-electron chi connectivity index (χ3n) is 11.5. The van der Waals surface area contributed by atoms with Crippen molar-refractivity contribution in [3.05, 3.63) is 188 Å². The summed E-state index contributed by atoms with van der Waals surface area (Å²) in [5.41, 5.74) is 9.36. The molecule has 1 aliphatic carbocycles. The van der Waals surface area contributed by atoms with Gasteiger partial charge in [0, 0.05) is 74.3 Å². The van der Waals surface area contributed by atoms with E-state index in [2.05, 4.69) is 126 Å². The second-order valence-electron chi connectivity index (χ2n) is 14.7. The molecule has 0 saturated heterocycles. The largest absolute Gasteiger partial charge is 0.333 e. The lowest BCUT2D eigenvalue weighted by molar-refractivity contribution is 0.745. The van der Waals surface area contributed by atoms with Crippen molar-refractivity contribution in [1.82, 2.24) is 15.0 Å². The first-order valence-electron chi connectivity index (χ1n) is 19.3. The highest BCUT2D eigenvalue weighted by molar-refractivity contribution is 7.26. The Bertz CT molecular complexity index is 3210. The summed E-state index contributed by atoms with van der Waals surface area (Å²) in [7, 11) is 0. The van der Waals surface area contributed by atoms with Crippen molar-refractivity contribution in [2.24, 2.45) is 0 Å². The fourth-order valence-electron chi connectivity index (χ4n) is 8.91. The second kappa shape index (κ2) is 12.9. The Balaban J connectivity index is 0.979. The van der Waals surface area contributed by atoms with Crippen LogP contribution in [0.15, 0.2) is 182 Å². The van der Waals surface area contributed by atoms with E-state index in [0.29, 0.717) is 23.4 Å². The minimum Gasteiger partial charge on any atom is -0.333 e. The fraction of sp³-hybridized carbons (Fsp3) is 0.0392. The maximum absolute atomic E-state index is 5.02. The van der Waals surface area contributed by atoms with Gasteiger partial charge in [0.25, 0.3) is 0 Å². The normalized spacial score (nSPS) is 15.9. The van der Waals surface area contributed by atoms with E-state index in [0.717, 1.165) is 16.7 Å². The molecule has 0 amide bonds. The molecule has 4 heterocycles. The molecule has 268 valence electrons. The molecular weight excluding hydrogens is 733 g/mol. The van der Waals surface area contributed by atoms with Crippen LogP contribution < -0.4 is 4.90 Å². The second-order valence-corrected chi connectivity index (χ2v) is 16.9. The van der Waals surface area contributed by atoms with Crippen molar-refractivity contribution in [2.45, 2.75) is 12.0 Å². The summed E-state index contributed by atoms with van der Waals surface area (Å²) in [5.74, 6) is 2.36. The summed E-state index contributed by atoms with van der Waals surface area (Å²) < 4.78 is 5.08. The standard InChI is InChI=1S/C51H32N4S2/c1-3-13-31(14-4-1)49-52-50(32-15-5-2-6-16-32)54-51(53-49)33-25-27-39-45(29-33)56-43-23-11-19-37(47(39)43)38-20-12-24-44-48(38)40-28-26-34(30-46(40)57-44)55-41-21-9-7-17-35(41)36-18-8-10-22-42(36)55/h1-30,35,41H. The molecule has 10 aromatic rings. The quantitative estimate of drug-likeness (QED) is 0.175. The first kappa shape index (κ1) is 32.5. The van der Waals surface area contributed by atoms with E-state index < -0.39 is 0 Å². The number of anilines is 2. The zero-order valence-electron chi connectivity index (χ0n) is 30.6. The zero-order chi connectivity index (χ0) is 37.5. The number of rotatable bonds is 5. The van der Waals surface area contributed by atoms with Crippen LogP contribution in [0.4, 0.5) is 11.4 Å². The number of thiophene rings is 2. The highest BCUT2D eigenvalue weighted by atomic mass is 32.1. The number of para-hydroxylation sites is 1. The van der Waals surface area contributed by atoms with Crippen LogP contribution in [0.5, 0.6) is 0 Å². The van der Waals surface area contributed by atoms with Gasteiger partial charge in [0.1, 0.15) is 0 Å². The summed E-state index contributed by atoms with van der Waals surface area (Å²) in [6.45, 7) is 0. The number of fused-ring (bicyclic) bond motifs is 9. The molecule has 57 heavy (non-hydrogen) atoms. The highest BCUT2D eigenvalue weighted by Gasteiger charge is 2.37. The Kier molecular flexibility index (Phi) is 7.37. The molecule has 7 aromatic carbocycles. The molecule has 6 heteroatoms. The topological polar surface area (TPSA) is 41.9 Å². The van der Waals surface area contributed by atoms with Crippen LogP contribution in [-0.4, -0.2) is 21.0 Å². The van der Waals surface area contributed by atoms with Crippen molar-refractivity contribution in [3.63, 3.8) is 0 Å². The third-order valence-corrected chi connectivity index (χ3v) is 13.7. The van der Waals surface area contributed by atoms with Gasteiger partial charge in [0.05, 0.1) is 6.04 Å². The molecule has 2 atom stereocenters. The van der Waals surface area contributed by atoms with Gasteiger partial charge in [0.15, 0.2) is 17.5 Å². The van der Waals surface area contributed by atoms with E-state index in [9.17, 15) is 0 Å². The Morgan fingerprint density at radius 3 is 1.67 bits per heavy atom. The van der Waals surface area contributed by atoms with Crippen LogP contribution in [0.2, 0.25) is 0 Å². The monoisotopic (exact) mass is 764 g/mol. The van der Waals surface area contributed by atoms with Gasteiger partial charge in [-0.3, -0.25) is 0 Å². The molecule has 0 N–H and O–H groups in total. The Morgan fingerprint density at radius 2 is 1.00 bits per heavy atom. The lowest BCUT2D eigenvalue weighted by atomic mass is 9.91. The van der Waals surface area contributed by atoms with E-state index in [1.807, 2.05) is 83.3 Å². The van der Waals surface area contributed by atoms with Crippen LogP contribution in [-0.2, 0) is 0 Å². The van der Waals surface area contributed by atoms with Crippen LogP contribution in [0.25, 0.3) is 85.6 Å². The smallest absolute Gasteiger partial charge is 0.164 e. The number of benzene rings is 7. The van der Waals surface area contributed by atoms with Crippen LogP contribution in [0.3, 0.4) is 0 Å². The minimum atomic E-state index is 0.279. The average molecular weight is 765 g/mol. The van der Waals surface area contributed by atoms with Crippen molar-refractivity contribution in [1.29, 1.82) is 0 Å². The molecule has 4 nitrogen and oxygen atoms in total. The minimum absolute atomic E-state index is 0.279. The summed E-state index contributed by atoms with van der Waals surface area (Å²) in [5, 5.41) is 5.15. The zero-order valence-corrected chi connectivity index (χ0v) is 32.2. The molecule has 1 aliphatic heterocycles. The number of hydrogen-bond acceptors (Lipinski definition) is 6. The van der Waals surface area contributed by atoms with E-state index in [1.165, 1.54) is 68.4 Å². The van der Waals surface area contributed by atoms with Crippen LogP contribution in [0.1, 0.15) is 11.5 Å². The SMILES string of the molecule is C1=CC2c3ccccc3N(c3ccc4c(c3)sc3cccc(-c5cccc6sc7cc(-c8nc(-c9ccccc9)nc(-c9ccccc9)n8)ccc7c56)c34)C2C=C1. The maximum atomic E-state index is 5.02. The van der Waals surface area contributed by atoms with Gasteiger partial charge in [-0.05, 0) is 53.1 Å². The Labute approximate surface area is 337 Å². The molecular formula is C51H32N4S2. The van der Waals surface area contributed by atoms with Gasteiger partial charge in [-0.2, -0.15) is 0 Å². The lowest BCUT2D eigenvalue weighted by Gasteiger charge is -2.28. The molecule has 0 spiro atoms. The van der Waals surface area contributed by atoms with Crippen molar-refractivity contribution >= 4 is 74.4 Å². The predicted octanol–water partition coefficient (Wildman–Crippen LogP) is 14.0. The first-order chi connectivity index (χ1) is 28.2. The van der Waals surface area contributed by atoms with E-state index in [1.54, 1.807) is 0 Å². The fourth-order valence-corrected chi connectivity index (χ4v) is 11.2. The maximum Gasteiger partial charge on any atom is 0.164 e. The summed E-state index contributed by atoms with van der Waals surface area (Å²) in [6.07, 6.45) is 9.07. The predicted molar refractivity (Wildman–Crippen MR) is 241 cm³/mol. The molecule has 0 fully saturated rings. The molecule has 12 rings (SSSR count). The van der Waals surface area contributed by atoms with Crippen LogP contribution >= 0.6 is 22.7 Å².